The fourth-order valence-corrected chi connectivity index (χ4v) is 5.64. The number of rotatable bonds is 10. The maximum atomic E-state index is 14.1. The van der Waals surface area contributed by atoms with Crippen LogP contribution in [0.5, 0.6) is 5.75 Å². The third-order valence-corrected chi connectivity index (χ3v) is 8.71. The smallest absolute Gasteiger partial charge is 0.419 e. The molecule has 13 heteroatoms. The van der Waals surface area contributed by atoms with E-state index in [2.05, 4.69) is 10.2 Å². The number of H-pyrrole nitrogens is 1. The van der Waals surface area contributed by atoms with Crippen LogP contribution < -0.4 is 15.2 Å². The minimum atomic E-state index is -4.77. The first-order valence-electron chi connectivity index (χ1n) is 13.0. The highest BCUT2D eigenvalue weighted by Crippen LogP contribution is 2.40. The number of aromatic amines is 1. The molecule has 4 rings (SSSR count). The van der Waals surface area contributed by atoms with Gasteiger partial charge in [-0.25, -0.2) is 5.10 Å². The van der Waals surface area contributed by atoms with Gasteiger partial charge in [-0.1, -0.05) is 25.7 Å². The standard InChI is InChI=1S/C26H35F3N4O5Si/c1-39(2,3)11-10-37-24(26(27,28)29)23-21(13-30-31-25(23)36)33-14-17-4-5-20(12-18(17)15-33)38-19-6-8-32(9-7-19)16-22(34)35/h4-5,12-13,19,24H,6-11,14-16H2,1-3H3,(H,31,36)(H,34,35). The van der Waals surface area contributed by atoms with E-state index in [1.165, 1.54) is 6.20 Å². The molecular formula is C26H35F3N4O5Si. The summed E-state index contributed by atoms with van der Waals surface area (Å²) in [6.45, 7) is 7.95. The number of halogens is 3. The Morgan fingerprint density at radius 3 is 2.54 bits per heavy atom. The number of carboxylic acids is 1. The van der Waals surface area contributed by atoms with Crippen LogP contribution in [0.2, 0.25) is 25.7 Å². The van der Waals surface area contributed by atoms with Gasteiger partial charge in [0.1, 0.15) is 11.9 Å². The average Bonchev–Trinajstić information content (AvgIpc) is 3.25. The van der Waals surface area contributed by atoms with Gasteiger partial charge >= 0.3 is 12.1 Å². The first-order valence-corrected chi connectivity index (χ1v) is 16.7. The third kappa shape index (κ3) is 7.61. The van der Waals surface area contributed by atoms with E-state index in [1.54, 1.807) is 4.90 Å². The molecule has 2 aliphatic rings. The second-order valence-electron chi connectivity index (χ2n) is 11.4. The van der Waals surface area contributed by atoms with Gasteiger partial charge in [0.2, 0.25) is 0 Å². The first kappa shape index (κ1) is 29.1. The molecule has 1 unspecified atom stereocenters. The zero-order chi connectivity index (χ0) is 28.4. The number of aliphatic carboxylic acids is 1. The molecule has 1 atom stereocenters. The van der Waals surface area contributed by atoms with Crippen LogP contribution in [0.3, 0.4) is 0 Å². The van der Waals surface area contributed by atoms with Crippen molar-refractivity contribution in [3.05, 3.63) is 51.4 Å². The molecular weight excluding hydrogens is 533 g/mol. The summed E-state index contributed by atoms with van der Waals surface area (Å²) in [6.07, 6.45) is -4.51. The number of hydrogen-bond acceptors (Lipinski definition) is 7. The van der Waals surface area contributed by atoms with Gasteiger partial charge in [0.25, 0.3) is 5.56 Å². The van der Waals surface area contributed by atoms with E-state index in [0.29, 0.717) is 50.8 Å². The van der Waals surface area contributed by atoms with Gasteiger partial charge < -0.3 is 19.5 Å². The Labute approximate surface area is 225 Å². The van der Waals surface area contributed by atoms with E-state index in [9.17, 15) is 22.8 Å². The zero-order valence-electron chi connectivity index (χ0n) is 22.4. The van der Waals surface area contributed by atoms with Crippen molar-refractivity contribution in [2.75, 3.05) is 31.1 Å². The zero-order valence-corrected chi connectivity index (χ0v) is 23.4. The third-order valence-electron chi connectivity index (χ3n) is 7.01. The van der Waals surface area contributed by atoms with Crippen LogP contribution in [0.15, 0.2) is 29.2 Å². The monoisotopic (exact) mass is 568 g/mol. The van der Waals surface area contributed by atoms with Crippen molar-refractivity contribution in [2.24, 2.45) is 0 Å². The maximum Gasteiger partial charge on any atom is 0.419 e. The number of nitrogens with zero attached hydrogens (tertiary/aromatic N) is 3. The molecule has 0 bridgehead atoms. The quantitative estimate of drug-likeness (QED) is 0.411. The summed E-state index contributed by atoms with van der Waals surface area (Å²) < 4.78 is 53.9. The molecule has 214 valence electrons. The van der Waals surface area contributed by atoms with E-state index in [0.717, 1.165) is 11.1 Å². The van der Waals surface area contributed by atoms with E-state index in [-0.39, 0.29) is 24.9 Å². The van der Waals surface area contributed by atoms with Crippen molar-refractivity contribution in [1.29, 1.82) is 0 Å². The molecule has 2 aliphatic heterocycles. The number of nitrogens with one attached hydrogen (secondary N) is 1. The second kappa shape index (κ2) is 11.7. The molecule has 1 fully saturated rings. The maximum absolute atomic E-state index is 14.1. The van der Waals surface area contributed by atoms with Crippen LogP contribution in [-0.4, -0.2) is 72.8 Å². The van der Waals surface area contributed by atoms with Crippen molar-refractivity contribution < 1.29 is 32.5 Å². The molecule has 2 N–H and O–H groups in total. The van der Waals surface area contributed by atoms with Gasteiger partial charge in [-0.3, -0.25) is 14.5 Å². The van der Waals surface area contributed by atoms with E-state index < -0.39 is 37.4 Å². The lowest BCUT2D eigenvalue weighted by molar-refractivity contribution is -0.222. The van der Waals surface area contributed by atoms with Crippen LogP contribution in [0.4, 0.5) is 18.9 Å². The predicted octanol–water partition coefficient (Wildman–Crippen LogP) is 4.18. The minimum absolute atomic E-state index is 0.0130. The molecule has 0 spiro atoms. The molecule has 0 aliphatic carbocycles. The first-order chi connectivity index (χ1) is 18.3. The van der Waals surface area contributed by atoms with Gasteiger partial charge in [0, 0.05) is 40.9 Å². The Balaban J connectivity index is 1.48. The fraction of sp³-hybridized carbons (Fsp3) is 0.577. The second-order valence-corrected chi connectivity index (χ2v) is 17.0. The minimum Gasteiger partial charge on any atom is -0.490 e. The van der Waals surface area contributed by atoms with Crippen molar-refractivity contribution in [3.8, 4) is 5.75 Å². The Hall–Kier alpha value is -2.90. The normalized spacial score (nSPS) is 17.7. The van der Waals surface area contributed by atoms with Crippen molar-refractivity contribution in [3.63, 3.8) is 0 Å². The lowest BCUT2D eigenvalue weighted by Gasteiger charge is -2.31. The summed E-state index contributed by atoms with van der Waals surface area (Å²) in [5.74, 6) is -0.199. The highest BCUT2D eigenvalue weighted by molar-refractivity contribution is 6.76. The molecule has 0 amide bonds. The van der Waals surface area contributed by atoms with Crippen LogP contribution in [0, 0.1) is 0 Å². The summed E-state index contributed by atoms with van der Waals surface area (Å²) in [5, 5.41) is 14.9. The predicted molar refractivity (Wildman–Crippen MR) is 142 cm³/mol. The lowest BCUT2D eigenvalue weighted by Crippen LogP contribution is -2.40. The van der Waals surface area contributed by atoms with Crippen LogP contribution in [0.25, 0.3) is 0 Å². The SMILES string of the molecule is C[Si](C)(C)CCOC(c1c(N2Cc3ccc(OC4CCN(CC(=O)O)CC4)cc3C2)cn[nH]c1=O)C(F)(F)F. The number of likely N-dealkylation sites (tertiary alicyclic amines) is 1. The van der Waals surface area contributed by atoms with Gasteiger partial charge in [0.15, 0.2) is 6.10 Å². The molecule has 9 nitrogen and oxygen atoms in total. The number of fused-ring (bicyclic) bond motifs is 1. The van der Waals surface area contributed by atoms with Gasteiger partial charge in [-0.15, -0.1) is 0 Å². The van der Waals surface area contributed by atoms with E-state index in [4.69, 9.17) is 14.6 Å². The van der Waals surface area contributed by atoms with Crippen molar-refractivity contribution in [2.45, 2.75) is 70.0 Å². The number of anilines is 1. The molecule has 1 aromatic heterocycles. The number of piperidine rings is 1. The Morgan fingerprint density at radius 2 is 1.90 bits per heavy atom. The fourth-order valence-electron chi connectivity index (χ4n) is 4.91. The van der Waals surface area contributed by atoms with Crippen LogP contribution in [-0.2, 0) is 22.6 Å². The molecule has 1 aromatic carbocycles. The summed E-state index contributed by atoms with van der Waals surface area (Å²) in [4.78, 5) is 27.2. The van der Waals surface area contributed by atoms with E-state index in [1.807, 2.05) is 42.7 Å². The molecule has 2 aromatic rings. The number of carboxylic acid groups (broad SMARTS) is 1. The Morgan fingerprint density at radius 1 is 1.21 bits per heavy atom. The Bertz CT molecular complexity index is 1230. The van der Waals surface area contributed by atoms with Crippen LogP contribution >= 0.6 is 0 Å². The number of hydrogen-bond donors (Lipinski definition) is 2. The van der Waals surface area contributed by atoms with E-state index >= 15 is 0 Å². The molecule has 3 heterocycles. The molecule has 0 radical (unpaired) electrons. The highest BCUT2D eigenvalue weighted by Gasteiger charge is 2.46. The summed E-state index contributed by atoms with van der Waals surface area (Å²) >= 11 is 0. The number of carbonyl (C=O) groups is 1. The number of benzene rings is 1. The number of ether oxygens (including phenoxy) is 2. The van der Waals surface area contributed by atoms with Crippen LogP contribution in [0.1, 0.15) is 35.6 Å². The van der Waals surface area contributed by atoms with Gasteiger partial charge in [0.05, 0.1) is 24.0 Å². The van der Waals surface area contributed by atoms with Crippen molar-refractivity contribution >= 4 is 19.7 Å². The molecule has 1 saturated heterocycles. The largest absolute Gasteiger partial charge is 0.490 e. The summed E-state index contributed by atoms with van der Waals surface area (Å²) in [5.41, 5.74) is 0.513. The number of alkyl halides is 3. The lowest BCUT2D eigenvalue weighted by atomic mass is 10.1. The summed E-state index contributed by atoms with van der Waals surface area (Å²) in [7, 11) is -1.65. The molecule has 39 heavy (non-hydrogen) atoms. The average molecular weight is 569 g/mol. The molecule has 0 saturated carbocycles. The number of aromatic nitrogens is 2. The van der Waals surface area contributed by atoms with Crippen molar-refractivity contribution in [1.82, 2.24) is 15.1 Å². The van der Waals surface area contributed by atoms with Gasteiger partial charge in [-0.05, 0) is 42.1 Å². The summed E-state index contributed by atoms with van der Waals surface area (Å²) in [6, 6.07) is 6.14. The Kier molecular flexibility index (Phi) is 8.71. The van der Waals surface area contributed by atoms with Gasteiger partial charge in [-0.2, -0.15) is 18.3 Å². The highest BCUT2D eigenvalue weighted by atomic mass is 28.3. The topological polar surface area (TPSA) is 108 Å².